The molecule has 2 nitrogen and oxygen atoms in total. The third kappa shape index (κ3) is 2.72. The lowest BCUT2D eigenvalue weighted by Crippen LogP contribution is -2.00. The maximum Gasteiger partial charge on any atom is 0.142 e. The van der Waals surface area contributed by atoms with E-state index in [0.29, 0.717) is 6.04 Å². The van der Waals surface area contributed by atoms with Crippen LogP contribution in [0, 0.1) is 12.7 Å². The molecule has 0 amide bonds. The van der Waals surface area contributed by atoms with E-state index in [0.717, 1.165) is 28.7 Å². The highest BCUT2D eigenvalue weighted by molar-refractivity contribution is 5.82. The summed E-state index contributed by atoms with van der Waals surface area (Å²) in [5.74, 6) is -0.251. The fraction of sp³-hybridized carbons (Fsp3) is 0.235. The molecule has 0 aliphatic heterocycles. The summed E-state index contributed by atoms with van der Waals surface area (Å²) in [6, 6.07) is 6.74. The minimum Gasteiger partial charge on any atom is -0.348 e. The molecule has 0 N–H and O–H groups in total. The Labute approximate surface area is 118 Å². The lowest BCUT2D eigenvalue weighted by Gasteiger charge is -2.09. The van der Waals surface area contributed by atoms with Crippen molar-refractivity contribution in [3.63, 3.8) is 0 Å². The van der Waals surface area contributed by atoms with Crippen LogP contribution >= 0.6 is 0 Å². The van der Waals surface area contributed by atoms with Gasteiger partial charge in [-0.15, -0.1) is 0 Å². The van der Waals surface area contributed by atoms with Crippen LogP contribution in [0.15, 0.2) is 36.5 Å². The Balaban J connectivity index is 2.61. The van der Waals surface area contributed by atoms with Gasteiger partial charge in [-0.2, -0.15) is 0 Å². The van der Waals surface area contributed by atoms with Crippen molar-refractivity contribution in [2.75, 3.05) is 0 Å². The zero-order chi connectivity index (χ0) is 14.7. The molecule has 104 valence electrons. The van der Waals surface area contributed by atoms with Gasteiger partial charge in [0.25, 0.3) is 0 Å². The summed E-state index contributed by atoms with van der Waals surface area (Å²) < 4.78 is 15.2. The highest BCUT2D eigenvalue weighted by Crippen LogP contribution is 2.31. The van der Waals surface area contributed by atoms with E-state index in [9.17, 15) is 9.18 Å². The molecule has 1 aromatic heterocycles. The van der Waals surface area contributed by atoms with Crippen LogP contribution in [0.2, 0.25) is 0 Å². The van der Waals surface area contributed by atoms with Crippen LogP contribution in [0.5, 0.6) is 0 Å². The molecule has 0 aliphatic rings. The summed E-state index contributed by atoms with van der Waals surface area (Å²) in [6.07, 6.45) is 6.11. The number of nitrogens with zero attached hydrogens (tertiary/aromatic N) is 1. The van der Waals surface area contributed by atoms with E-state index in [1.807, 2.05) is 6.92 Å². The smallest absolute Gasteiger partial charge is 0.142 e. The average molecular weight is 271 g/mol. The van der Waals surface area contributed by atoms with Crippen molar-refractivity contribution in [3.8, 4) is 11.1 Å². The van der Waals surface area contributed by atoms with Gasteiger partial charge in [0, 0.05) is 29.1 Å². The van der Waals surface area contributed by atoms with E-state index in [-0.39, 0.29) is 5.82 Å². The highest BCUT2D eigenvalue weighted by atomic mass is 19.1. The molecule has 20 heavy (non-hydrogen) atoms. The molecular formula is C17H18FNO. The van der Waals surface area contributed by atoms with Crippen LogP contribution in [-0.4, -0.2) is 10.9 Å². The second kappa shape index (κ2) is 5.87. The Morgan fingerprint density at radius 3 is 2.40 bits per heavy atom. The second-order valence-electron chi connectivity index (χ2n) is 5.04. The summed E-state index contributed by atoms with van der Waals surface area (Å²) in [5.41, 5.74) is 4.04. The molecule has 2 aromatic rings. The molecule has 0 spiro atoms. The average Bonchev–Trinajstić information content (AvgIpc) is 2.75. The van der Waals surface area contributed by atoms with Gasteiger partial charge in [-0.25, -0.2) is 4.39 Å². The quantitative estimate of drug-likeness (QED) is 0.597. The van der Waals surface area contributed by atoms with Gasteiger partial charge in [0.2, 0.25) is 0 Å². The van der Waals surface area contributed by atoms with E-state index < -0.39 is 0 Å². The van der Waals surface area contributed by atoms with E-state index in [4.69, 9.17) is 0 Å². The second-order valence-corrected chi connectivity index (χ2v) is 5.04. The standard InChI is InChI=1S/C17H18FNO/c1-12(2)19-11-17(14-6-8-15(18)9-7-14)16(13(19)3)5-4-10-20/h4-12H,1-3H3. The lowest BCUT2D eigenvalue weighted by atomic mass is 10.0. The fourth-order valence-corrected chi connectivity index (χ4v) is 2.38. The Kier molecular flexibility index (Phi) is 4.18. The molecule has 0 saturated carbocycles. The van der Waals surface area contributed by atoms with Crippen LogP contribution in [0.3, 0.4) is 0 Å². The third-order valence-electron chi connectivity index (χ3n) is 3.39. The van der Waals surface area contributed by atoms with Gasteiger partial charge < -0.3 is 4.57 Å². The zero-order valence-corrected chi connectivity index (χ0v) is 11.9. The van der Waals surface area contributed by atoms with Crippen molar-refractivity contribution < 1.29 is 9.18 Å². The first-order valence-electron chi connectivity index (χ1n) is 6.63. The van der Waals surface area contributed by atoms with E-state index >= 15 is 0 Å². The molecule has 1 heterocycles. The lowest BCUT2D eigenvalue weighted by molar-refractivity contribution is -0.104. The number of carbonyl (C=O) groups is 1. The molecular weight excluding hydrogens is 253 g/mol. The number of aldehydes is 1. The van der Waals surface area contributed by atoms with Gasteiger partial charge in [-0.3, -0.25) is 4.79 Å². The Morgan fingerprint density at radius 2 is 1.85 bits per heavy atom. The van der Waals surface area contributed by atoms with E-state index in [1.54, 1.807) is 18.2 Å². The number of allylic oxidation sites excluding steroid dienone is 1. The van der Waals surface area contributed by atoms with Crippen LogP contribution in [-0.2, 0) is 4.79 Å². The molecule has 0 aliphatic carbocycles. The van der Waals surface area contributed by atoms with Gasteiger partial charge in [0.1, 0.15) is 12.1 Å². The van der Waals surface area contributed by atoms with Gasteiger partial charge in [-0.1, -0.05) is 12.1 Å². The molecule has 0 fully saturated rings. The maximum atomic E-state index is 13.1. The SMILES string of the molecule is Cc1c(C=CC=O)c(-c2ccc(F)cc2)cn1C(C)C. The first kappa shape index (κ1) is 14.3. The maximum absolute atomic E-state index is 13.1. The van der Waals surface area contributed by atoms with Crippen molar-refractivity contribution in [1.29, 1.82) is 0 Å². The van der Waals surface area contributed by atoms with Crippen LogP contribution in [0.4, 0.5) is 4.39 Å². The summed E-state index contributed by atoms with van der Waals surface area (Å²) in [6.45, 7) is 6.24. The summed E-state index contributed by atoms with van der Waals surface area (Å²) >= 11 is 0. The molecule has 1 aromatic carbocycles. The summed E-state index contributed by atoms with van der Waals surface area (Å²) in [7, 11) is 0. The van der Waals surface area contributed by atoms with E-state index in [1.165, 1.54) is 18.2 Å². The molecule has 0 radical (unpaired) electrons. The largest absolute Gasteiger partial charge is 0.348 e. The Bertz CT molecular complexity index is 636. The predicted octanol–water partition coefficient (Wildman–Crippen LogP) is 4.40. The summed E-state index contributed by atoms with van der Waals surface area (Å²) in [5, 5.41) is 0. The predicted molar refractivity (Wildman–Crippen MR) is 80.0 cm³/mol. The molecule has 0 bridgehead atoms. The monoisotopic (exact) mass is 271 g/mol. The topological polar surface area (TPSA) is 22.0 Å². The van der Waals surface area contributed by atoms with Gasteiger partial charge in [0.05, 0.1) is 0 Å². The van der Waals surface area contributed by atoms with Crippen molar-refractivity contribution >= 4 is 12.4 Å². The van der Waals surface area contributed by atoms with Gasteiger partial charge >= 0.3 is 0 Å². The number of halogens is 1. The van der Waals surface area contributed by atoms with Crippen molar-refractivity contribution in [3.05, 3.63) is 53.6 Å². The fourth-order valence-electron chi connectivity index (χ4n) is 2.38. The number of aromatic nitrogens is 1. The summed E-state index contributed by atoms with van der Waals surface area (Å²) in [4.78, 5) is 10.6. The van der Waals surface area contributed by atoms with E-state index in [2.05, 4.69) is 24.6 Å². The Morgan fingerprint density at radius 1 is 1.20 bits per heavy atom. The third-order valence-corrected chi connectivity index (χ3v) is 3.39. The van der Waals surface area contributed by atoms with Gasteiger partial charge in [0.15, 0.2) is 0 Å². The first-order chi connectivity index (χ1) is 9.54. The Hall–Kier alpha value is -2.16. The van der Waals surface area contributed by atoms with Crippen molar-refractivity contribution in [2.24, 2.45) is 0 Å². The minimum atomic E-state index is -0.251. The molecule has 0 unspecified atom stereocenters. The zero-order valence-electron chi connectivity index (χ0n) is 11.9. The highest BCUT2D eigenvalue weighted by Gasteiger charge is 2.13. The molecule has 0 saturated heterocycles. The van der Waals surface area contributed by atoms with Crippen LogP contribution in [0.25, 0.3) is 17.2 Å². The minimum absolute atomic E-state index is 0.251. The number of hydrogen-bond acceptors (Lipinski definition) is 1. The van der Waals surface area contributed by atoms with Gasteiger partial charge in [-0.05, 0) is 50.6 Å². The van der Waals surface area contributed by atoms with Crippen molar-refractivity contribution in [1.82, 2.24) is 4.57 Å². The van der Waals surface area contributed by atoms with Crippen molar-refractivity contribution in [2.45, 2.75) is 26.8 Å². The molecule has 0 atom stereocenters. The number of carbonyl (C=O) groups excluding carboxylic acids is 1. The normalized spacial score (nSPS) is 11.4. The first-order valence-corrected chi connectivity index (χ1v) is 6.63. The molecule has 2 rings (SSSR count). The van der Waals surface area contributed by atoms with Crippen LogP contribution < -0.4 is 0 Å². The molecule has 3 heteroatoms. The number of hydrogen-bond donors (Lipinski definition) is 0. The number of rotatable bonds is 4. The van der Waals surface area contributed by atoms with Crippen LogP contribution in [0.1, 0.15) is 31.1 Å². The number of benzene rings is 1.